The van der Waals surface area contributed by atoms with Gasteiger partial charge in [0.2, 0.25) is 11.8 Å². The molecule has 8 heteroatoms. The molecule has 154 valence electrons. The van der Waals surface area contributed by atoms with Crippen molar-refractivity contribution >= 4 is 40.2 Å². The molecule has 3 aromatic rings. The molecule has 0 aliphatic carbocycles. The molecule has 2 amide bonds. The molecule has 1 atom stereocenters. The monoisotopic (exact) mass is 423 g/mol. The molecule has 7 nitrogen and oxygen atoms in total. The highest BCUT2D eigenvalue weighted by atomic mass is 32.2. The number of ether oxygens (including phenoxy) is 2. The minimum Gasteiger partial charge on any atom is -0.497 e. The van der Waals surface area contributed by atoms with Gasteiger partial charge in [0.15, 0.2) is 5.16 Å². The molecule has 30 heavy (non-hydrogen) atoms. The maximum atomic E-state index is 12.9. The van der Waals surface area contributed by atoms with Gasteiger partial charge in [-0.05, 0) is 56.3 Å². The Morgan fingerprint density at radius 1 is 1.10 bits per heavy atom. The second-order valence-electron chi connectivity index (χ2n) is 6.78. The molecule has 1 saturated heterocycles. The highest BCUT2D eigenvalue weighted by molar-refractivity contribution is 8.00. The zero-order valence-electron chi connectivity index (χ0n) is 16.9. The second-order valence-corrected chi connectivity index (χ2v) is 7.95. The molecule has 2 heterocycles. The van der Waals surface area contributed by atoms with E-state index in [4.69, 9.17) is 9.47 Å². The summed E-state index contributed by atoms with van der Waals surface area (Å²) in [6, 6.07) is 12.5. The summed E-state index contributed by atoms with van der Waals surface area (Å²) < 4.78 is 10.7. The summed E-state index contributed by atoms with van der Waals surface area (Å²) in [5.74, 6) is 0.939. The van der Waals surface area contributed by atoms with E-state index in [1.54, 1.807) is 31.4 Å². The van der Waals surface area contributed by atoms with Crippen molar-refractivity contribution < 1.29 is 19.1 Å². The highest BCUT2D eigenvalue weighted by Crippen LogP contribution is 2.34. The molecule has 1 aromatic heterocycles. The number of aromatic nitrogens is 2. The lowest BCUT2D eigenvalue weighted by molar-refractivity contribution is -0.121. The predicted octanol–water partition coefficient (Wildman–Crippen LogP) is 3.77. The van der Waals surface area contributed by atoms with Gasteiger partial charge in [-0.2, -0.15) is 0 Å². The van der Waals surface area contributed by atoms with Crippen LogP contribution in [0.4, 0.5) is 5.69 Å². The van der Waals surface area contributed by atoms with E-state index >= 15 is 0 Å². The fourth-order valence-corrected chi connectivity index (χ4v) is 4.39. The van der Waals surface area contributed by atoms with Crippen molar-refractivity contribution in [3.8, 4) is 11.5 Å². The Labute approximate surface area is 178 Å². The van der Waals surface area contributed by atoms with Gasteiger partial charge in [0.1, 0.15) is 16.7 Å². The molecule has 1 aliphatic rings. The Kier molecular flexibility index (Phi) is 5.59. The Morgan fingerprint density at radius 3 is 2.53 bits per heavy atom. The number of anilines is 1. The van der Waals surface area contributed by atoms with Crippen LogP contribution in [-0.2, 0) is 9.59 Å². The van der Waals surface area contributed by atoms with Crippen LogP contribution in [0.2, 0.25) is 0 Å². The predicted molar refractivity (Wildman–Crippen MR) is 115 cm³/mol. The van der Waals surface area contributed by atoms with Crippen LogP contribution in [0.25, 0.3) is 10.9 Å². The molecule has 1 unspecified atom stereocenters. The molecule has 0 N–H and O–H groups in total. The van der Waals surface area contributed by atoms with E-state index in [9.17, 15) is 9.59 Å². The summed E-state index contributed by atoms with van der Waals surface area (Å²) in [6.07, 6.45) is 0.111. The van der Waals surface area contributed by atoms with Gasteiger partial charge in [-0.15, -0.1) is 0 Å². The number of methoxy groups -OCH3 is 1. The Balaban J connectivity index is 1.55. The molecule has 0 bridgehead atoms. The molecular formula is C22H21N3O4S. The number of hydrogen-bond donors (Lipinski definition) is 0. The summed E-state index contributed by atoms with van der Waals surface area (Å²) in [6.45, 7) is 4.34. The number of fused-ring (bicyclic) bond motifs is 1. The quantitative estimate of drug-likeness (QED) is 0.441. The lowest BCUT2D eigenvalue weighted by Gasteiger charge is -2.15. The van der Waals surface area contributed by atoms with Crippen molar-refractivity contribution in [2.75, 3.05) is 18.6 Å². The van der Waals surface area contributed by atoms with Crippen molar-refractivity contribution in [2.24, 2.45) is 0 Å². The first kappa shape index (κ1) is 20.2. The van der Waals surface area contributed by atoms with Gasteiger partial charge >= 0.3 is 0 Å². The SMILES string of the molecule is CCOc1ccc(N2C(=O)CC(Sc3nc(C)c4cc(OC)ccc4n3)C2=O)cc1. The normalized spacial score (nSPS) is 16.4. The average molecular weight is 423 g/mol. The first-order valence-corrected chi connectivity index (χ1v) is 10.5. The van der Waals surface area contributed by atoms with E-state index < -0.39 is 5.25 Å². The third kappa shape index (κ3) is 3.82. The van der Waals surface area contributed by atoms with Crippen LogP contribution >= 0.6 is 11.8 Å². The second kappa shape index (κ2) is 8.31. The number of aryl methyl sites for hydroxylation is 1. The van der Waals surface area contributed by atoms with Crippen LogP contribution in [-0.4, -0.2) is 40.7 Å². The minimum atomic E-state index is -0.556. The number of amides is 2. The number of benzene rings is 2. The molecule has 0 spiro atoms. The lowest BCUT2D eigenvalue weighted by atomic mass is 10.2. The van der Waals surface area contributed by atoms with Gasteiger partial charge < -0.3 is 9.47 Å². The third-order valence-electron chi connectivity index (χ3n) is 4.83. The van der Waals surface area contributed by atoms with Gasteiger partial charge in [0, 0.05) is 17.5 Å². The summed E-state index contributed by atoms with van der Waals surface area (Å²) in [5.41, 5.74) is 2.10. The van der Waals surface area contributed by atoms with E-state index in [-0.39, 0.29) is 18.2 Å². The van der Waals surface area contributed by atoms with Crippen molar-refractivity contribution in [2.45, 2.75) is 30.7 Å². The summed E-state index contributed by atoms with van der Waals surface area (Å²) in [5, 5.41) is 0.813. The van der Waals surface area contributed by atoms with Gasteiger partial charge in [-0.1, -0.05) is 11.8 Å². The fourth-order valence-electron chi connectivity index (χ4n) is 3.37. The van der Waals surface area contributed by atoms with Crippen LogP contribution in [0.5, 0.6) is 11.5 Å². The molecule has 4 rings (SSSR count). The molecule has 1 aliphatic heterocycles. The number of carbonyl (C=O) groups excluding carboxylic acids is 2. The molecule has 0 radical (unpaired) electrons. The van der Waals surface area contributed by atoms with E-state index in [1.165, 1.54) is 16.7 Å². The number of imide groups is 1. The number of rotatable bonds is 6. The fraction of sp³-hybridized carbons (Fsp3) is 0.273. The van der Waals surface area contributed by atoms with Crippen LogP contribution in [0.15, 0.2) is 47.6 Å². The van der Waals surface area contributed by atoms with E-state index in [1.807, 2.05) is 32.0 Å². The Hall–Kier alpha value is -3.13. The van der Waals surface area contributed by atoms with E-state index in [2.05, 4.69) is 9.97 Å². The van der Waals surface area contributed by atoms with Gasteiger partial charge in [-0.25, -0.2) is 14.9 Å². The van der Waals surface area contributed by atoms with Gasteiger partial charge in [0.25, 0.3) is 0 Å². The topological polar surface area (TPSA) is 81.6 Å². The van der Waals surface area contributed by atoms with Crippen LogP contribution in [0, 0.1) is 6.92 Å². The molecule has 1 fully saturated rings. The van der Waals surface area contributed by atoms with Crippen LogP contribution < -0.4 is 14.4 Å². The van der Waals surface area contributed by atoms with Gasteiger partial charge in [0.05, 0.1) is 24.9 Å². The molecular weight excluding hydrogens is 402 g/mol. The minimum absolute atomic E-state index is 0.111. The highest BCUT2D eigenvalue weighted by Gasteiger charge is 2.40. The Bertz CT molecular complexity index is 1120. The van der Waals surface area contributed by atoms with Gasteiger partial charge in [-0.3, -0.25) is 9.59 Å². The summed E-state index contributed by atoms with van der Waals surface area (Å²) >= 11 is 1.22. The Morgan fingerprint density at radius 2 is 1.83 bits per heavy atom. The largest absolute Gasteiger partial charge is 0.497 e. The van der Waals surface area contributed by atoms with Crippen molar-refractivity contribution in [1.29, 1.82) is 0 Å². The first-order chi connectivity index (χ1) is 14.5. The average Bonchev–Trinajstić information content (AvgIpc) is 3.01. The van der Waals surface area contributed by atoms with Crippen LogP contribution in [0.3, 0.4) is 0 Å². The van der Waals surface area contributed by atoms with Crippen molar-refractivity contribution in [3.05, 3.63) is 48.2 Å². The van der Waals surface area contributed by atoms with E-state index in [0.717, 1.165) is 22.3 Å². The number of thioether (sulfide) groups is 1. The number of carbonyl (C=O) groups is 2. The summed E-state index contributed by atoms with van der Waals surface area (Å²) in [7, 11) is 1.61. The number of nitrogens with zero attached hydrogens (tertiary/aromatic N) is 3. The third-order valence-corrected chi connectivity index (χ3v) is 5.88. The van der Waals surface area contributed by atoms with Crippen molar-refractivity contribution in [1.82, 2.24) is 9.97 Å². The molecule has 2 aromatic carbocycles. The van der Waals surface area contributed by atoms with Crippen molar-refractivity contribution in [3.63, 3.8) is 0 Å². The van der Waals surface area contributed by atoms with Crippen LogP contribution in [0.1, 0.15) is 19.0 Å². The zero-order chi connectivity index (χ0) is 21.3. The summed E-state index contributed by atoms with van der Waals surface area (Å²) in [4.78, 5) is 35.8. The standard InChI is InChI=1S/C22H21N3O4S/c1-4-29-15-7-5-14(6-8-15)25-20(26)12-19(21(25)27)30-22-23-13(2)17-11-16(28-3)9-10-18(17)24-22/h5-11,19H,4,12H2,1-3H3. The first-order valence-electron chi connectivity index (χ1n) is 9.59. The molecule has 0 saturated carbocycles. The maximum absolute atomic E-state index is 12.9. The maximum Gasteiger partial charge on any atom is 0.247 e. The smallest absolute Gasteiger partial charge is 0.247 e. The zero-order valence-corrected chi connectivity index (χ0v) is 17.7. The number of hydrogen-bond acceptors (Lipinski definition) is 7. The van der Waals surface area contributed by atoms with E-state index in [0.29, 0.717) is 23.2 Å². The lowest BCUT2D eigenvalue weighted by Crippen LogP contribution is -2.31.